The molecule has 2 aromatic carbocycles. The summed E-state index contributed by atoms with van der Waals surface area (Å²) in [5.41, 5.74) is 7.92. The quantitative estimate of drug-likeness (QED) is 0.348. The average Bonchev–Trinajstić information content (AvgIpc) is 3.19. The Morgan fingerprint density at radius 2 is 1.68 bits per heavy atom. The van der Waals surface area contributed by atoms with Crippen molar-refractivity contribution in [2.45, 2.75) is 6.18 Å². The van der Waals surface area contributed by atoms with E-state index >= 15 is 0 Å². The number of imidazole rings is 1. The number of anilines is 1. The predicted molar refractivity (Wildman–Crippen MR) is 134 cm³/mol. The van der Waals surface area contributed by atoms with Crippen LogP contribution in [0, 0.1) is 11.5 Å². The molecular weight excluding hydrogens is 499 g/mol. The van der Waals surface area contributed by atoms with Crippen LogP contribution in [0.25, 0.3) is 38.8 Å². The smallest absolute Gasteiger partial charge is 0.419 e. The first-order valence-corrected chi connectivity index (χ1v) is 11.2. The fourth-order valence-corrected chi connectivity index (χ4v) is 4.38. The van der Waals surface area contributed by atoms with Gasteiger partial charge in [0.15, 0.2) is 0 Å². The first kappa shape index (κ1) is 24.6. The van der Waals surface area contributed by atoms with Gasteiger partial charge >= 0.3 is 6.18 Å². The molecule has 0 aliphatic rings. The third kappa shape index (κ3) is 4.03. The van der Waals surface area contributed by atoms with Gasteiger partial charge in [0, 0.05) is 42.4 Å². The minimum Gasteiger partial charge on any atom is -0.497 e. The van der Waals surface area contributed by atoms with Gasteiger partial charge in [-0.2, -0.15) is 18.4 Å². The van der Waals surface area contributed by atoms with E-state index in [4.69, 9.17) is 15.2 Å². The molecule has 0 spiro atoms. The molecule has 0 atom stereocenters. The first-order chi connectivity index (χ1) is 18.2. The van der Waals surface area contributed by atoms with Crippen molar-refractivity contribution in [3.63, 3.8) is 0 Å². The molecule has 0 saturated carbocycles. The lowest BCUT2D eigenvalue weighted by Crippen LogP contribution is -2.22. The number of methoxy groups -OCH3 is 2. The Hall–Kier alpha value is -5.05. The van der Waals surface area contributed by atoms with Crippen molar-refractivity contribution in [2.75, 3.05) is 20.0 Å². The number of hydrogen-bond donors (Lipinski definition) is 1. The van der Waals surface area contributed by atoms with E-state index in [2.05, 4.69) is 15.0 Å². The van der Waals surface area contributed by atoms with Crippen LogP contribution in [-0.4, -0.2) is 33.3 Å². The highest BCUT2D eigenvalue weighted by molar-refractivity contribution is 6.04. The second-order valence-corrected chi connectivity index (χ2v) is 8.36. The highest BCUT2D eigenvalue weighted by atomic mass is 19.4. The standard InChI is InChI=1S/C26H20F3N7O2/c1-35-22-12-32-21-5-4-14(15-7-20(26(27,28)29)24(31)33-11-15)6-19(21)23(22)36(25(35)34-13-30)16-8-17(37-2)10-18(9-16)38-3/h4-12H,1-3H3,(H2,31,33). The predicted octanol–water partition coefficient (Wildman–Crippen LogP) is 4.58. The number of nitriles is 1. The minimum atomic E-state index is -4.65. The summed E-state index contributed by atoms with van der Waals surface area (Å²) in [6.07, 6.45) is 0.126. The molecule has 2 N–H and O–H groups in total. The van der Waals surface area contributed by atoms with Crippen LogP contribution >= 0.6 is 0 Å². The summed E-state index contributed by atoms with van der Waals surface area (Å²) in [6.45, 7) is 0. The van der Waals surface area contributed by atoms with Crippen molar-refractivity contribution in [1.29, 1.82) is 5.26 Å². The lowest BCUT2D eigenvalue weighted by molar-refractivity contribution is -0.137. The maximum atomic E-state index is 13.5. The molecule has 0 saturated heterocycles. The van der Waals surface area contributed by atoms with Crippen LogP contribution in [0.1, 0.15) is 5.56 Å². The van der Waals surface area contributed by atoms with Crippen molar-refractivity contribution >= 4 is 27.8 Å². The molecule has 0 radical (unpaired) electrons. The number of halogens is 3. The van der Waals surface area contributed by atoms with Gasteiger partial charge in [-0.1, -0.05) is 6.07 Å². The molecule has 0 aliphatic carbocycles. The van der Waals surface area contributed by atoms with Crippen molar-refractivity contribution in [2.24, 2.45) is 12.0 Å². The number of nitrogen functional groups attached to an aromatic ring is 1. The molecule has 5 rings (SSSR count). The van der Waals surface area contributed by atoms with Gasteiger partial charge in [-0.15, -0.1) is 4.99 Å². The zero-order valence-corrected chi connectivity index (χ0v) is 20.4. The van der Waals surface area contributed by atoms with E-state index in [1.54, 1.807) is 58.8 Å². The third-order valence-electron chi connectivity index (χ3n) is 6.21. The number of pyridine rings is 2. The molecule has 0 aliphatic heterocycles. The molecule has 3 aromatic heterocycles. The maximum Gasteiger partial charge on any atom is 0.419 e. The van der Waals surface area contributed by atoms with Crippen LogP contribution in [0.2, 0.25) is 0 Å². The van der Waals surface area contributed by atoms with E-state index in [-0.39, 0.29) is 5.56 Å². The number of rotatable bonds is 4. The van der Waals surface area contributed by atoms with Gasteiger partial charge in [0.1, 0.15) is 17.3 Å². The van der Waals surface area contributed by atoms with Crippen molar-refractivity contribution in [3.8, 4) is 34.5 Å². The fourth-order valence-electron chi connectivity index (χ4n) is 4.38. The monoisotopic (exact) mass is 519 g/mol. The van der Waals surface area contributed by atoms with Gasteiger partial charge in [-0.25, -0.2) is 4.98 Å². The molecule has 0 unspecified atom stereocenters. The van der Waals surface area contributed by atoms with Gasteiger partial charge in [0.2, 0.25) is 11.8 Å². The molecule has 9 nitrogen and oxygen atoms in total. The van der Waals surface area contributed by atoms with E-state index < -0.39 is 17.6 Å². The van der Waals surface area contributed by atoms with Gasteiger partial charge < -0.3 is 19.8 Å². The number of alkyl halides is 3. The van der Waals surface area contributed by atoms with Crippen LogP contribution in [0.5, 0.6) is 11.5 Å². The molecule has 192 valence electrons. The fraction of sp³-hybridized carbons (Fsp3) is 0.154. The molecule has 12 heteroatoms. The number of nitrogens with zero attached hydrogens (tertiary/aromatic N) is 6. The Morgan fingerprint density at radius 3 is 2.32 bits per heavy atom. The van der Waals surface area contributed by atoms with Crippen LogP contribution in [0.4, 0.5) is 19.0 Å². The zero-order chi connectivity index (χ0) is 27.2. The van der Waals surface area contributed by atoms with E-state index in [9.17, 15) is 18.4 Å². The van der Waals surface area contributed by atoms with E-state index in [1.165, 1.54) is 20.4 Å². The number of nitrogens with two attached hydrogens (primary N) is 1. The normalized spacial score (nSPS) is 12.2. The summed E-state index contributed by atoms with van der Waals surface area (Å²) in [7, 11) is 4.78. The lowest BCUT2D eigenvalue weighted by Gasteiger charge is -2.13. The van der Waals surface area contributed by atoms with Crippen molar-refractivity contribution in [1.82, 2.24) is 19.1 Å². The van der Waals surface area contributed by atoms with E-state index in [1.807, 2.05) is 6.19 Å². The third-order valence-corrected chi connectivity index (χ3v) is 6.21. The van der Waals surface area contributed by atoms with Crippen LogP contribution in [0.3, 0.4) is 0 Å². The van der Waals surface area contributed by atoms with Gasteiger partial charge in [-0.05, 0) is 23.8 Å². The van der Waals surface area contributed by atoms with Crippen LogP contribution in [-0.2, 0) is 13.2 Å². The van der Waals surface area contributed by atoms with Crippen molar-refractivity contribution < 1.29 is 22.6 Å². The molecule has 0 bridgehead atoms. The first-order valence-electron chi connectivity index (χ1n) is 11.2. The number of aromatic nitrogens is 4. The highest BCUT2D eigenvalue weighted by Gasteiger charge is 2.34. The number of hydrogen-bond acceptors (Lipinski definition) is 7. The summed E-state index contributed by atoms with van der Waals surface area (Å²) in [6, 6.07) is 11.3. The summed E-state index contributed by atoms with van der Waals surface area (Å²) in [4.78, 5) is 12.3. The Bertz CT molecular complexity index is 1810. The molecule has 3 heterocycles. The van der Waals surface area contributed by atoms with Crippen LogP contribution in [0.15, 0.2) is 59.9 Å². The van der Waals surface area contributed by atoms with Crippen molar-refractivity contribution in [3.05, 3.63) is 66.0 Å². The molecular formula is C26H20F3N7O2. The number of aryl methyl sites for hydroxylation is 1. The second kappa shape index (κ2) is 9.11. The summed E-state index contributed by atoms with van der Waals surface area (Å²) < 4.78 is 54.8. The summed E-state index contributed by atoms with van der Waals surface area (Å²) >= 11 is 0. The Balaban J connectivity index is 1.88. The van der Waals surface area contributed by atoms with Gasteiger partial charge in [-0.3, -0.25) is 9.55 Å². The minimum absolute atomic E-state index is 0.234. The Kier molecular flexibility index (Phi) is 5.91. The van der Waals surface area contributed by atoms with E-state index in [0.29, 0.717) is 50.3 Å². The lowest BCUT2D eigenvalue weighted by atomic mass is 10.0. The molecule has 38 heavy (non-hydrogen) atoms. The summed E-state index contributed by atoms with van der Waals surface area (Å²) in [5, 5.41) is 10.1. The zero-order valence-electron chi connectivity index (χ0n) is 20.4. The molecule has 0 amide bonds. The Morgan fingerprint density at radius 1 is 0.974 bits per heavy atom. The van der Waals surface area contributed by atoms with E-state index in [0.717, 1.165) is 6.07 Å². The highest BCUT2D eigenvalue weighted by Crippen LogP contribution is 2.36. The number of fused-ring (bicyclic) bond motifs is 3. The number of benzene rings is 2. The SMILES string of the molecule is COc1cc(OC)cc(-n2c(=NC#N)n(C)c3cnc4ccc(-c5cnc(N)c(C(F)(F)F)c5)cc4c32)c1. The summed E-state index contributed by atoms with van der Waals surface area (Å²) in [5.74, 6) is 0.429. The largest absolute Gasteiger partial charge is 0.497 e. The Labute approximate surface area is 213 Å². The molecule has 0 fully saturated rings. The molecule has 5 aromatic rings. The van der Waals surface area contributed by atoms with Gasteiger partial charge in [0.05, 0.1) is 48.2 Å². The number of ether oxygens (including phenoxy) is 2. The topological polar surface area (TPSA) is 116 Å². The second-order valence-electron chi connectivity index (χ2n) is 8.36. The average molecular weight is 519 g/mol. The van der Waals surface area contributed by atoms with Crippen LogP contribution < -0.4 is 20.8 Å². The maximum absolute atomic E-state index is 13.5. The van der Waals surface area contributed by atoms with Gasteiger partial charge in [0.25, 0.3) is 0 Å².